The Morgan fingerprint density at radius 3 is 2.53 bits per heavy atom. The molecule has 1 aromatic carbocycles. The zero-order valence-electron chi connectivity index (χ0n) is 9.25. The first-order valence-corrected chi connectivity index (χ1v) is 5.06. The predicted octanol–water partition coefficient (Wildman–Crippen LogP) is 1.42. The van der Waals surface area contributed by atoms with Gasteiger partial charge in [-0.15, -0.1) is 0 Å². The molecule has 0 spiro atoms. The molecule has 84 valence electrons. The summed E-state index contributed by atoms with van der Waals surface area (Å²) in [5, 5.41) is 12.9. The molecule has 1 aromatic rings. The van der Waals surface area contributed by atoms with E-state index in [4.69, 9.17) is 11.5 Å². The average molecular weight is 209 g/mol. The summed E-state index contributed by atoms with van der Waals surface area (Å²) in [4.78, 5) is 0. The average Bonchev–Trinajstić information content (AvgIpc) is 2.20. The quantitative estimate of drug-likeness (QED) is 0.565. The van der Waals surface area contributed by atoms with Crippen LogP contribution in [0.5, 0.6) is 0 Å². The van der Waals surface area contributed by atoms with Gasteiger partial charge in [0, 0.05) is 12.2 Å². The molecule has 1 rings (SSSR count). The summed E-state index contributed by atoms with van der Waals surface area (Å²) in [7, 11) is 0. The van der Waals surface area contributed by atoms with Gasteiger partial charge in [-0.3, -0.25) is 0 Å². The number of aliphatic hydroxyl groups is 1. The molecule has 0 fully saturated rings. The monoisotopic (exact) mass is 209 g/mol. The van der Waals surface area contributed by atoms with Gasteiger partial charge in [0.2, 0.25) is 0 Å². The Balaban J connectivity index is 2.62. The van der Waals surface area contributed by atoms with Crippen LogP contribution < -0.4 is 16.8 Å². The molecule has 0 saturated heterocycles. The van der Waals surface area contributed by atoms with Gasteiger partial charge in [-0.1, -0.05) is 6.92 Å². The molecule has 0 saturated carbocycles. The van der Waals surface area contributed by atoms with Crippen LogP contribution >= 0.6 is 0 Å². The molecule has 0 amide bonds. The first kappa shape index (κ1) is 11.7. The smallest absolute Gasteiger partial charge is 0.0788 e. The molecule has 6 N–H and O–H groups in total. The lowest BCUT2D eigenvalue weighted by Crippen LogP contribution is -2.32. The van der Waals surface area contributed by atoms with Gasteiger partial charge in [-0.2, -0.15) is 0 Å². The fourth-order valence-corrected chi connectivity index (χ4v) is 1.10. The summed E-state index contributed by atoms with van der Waals surface area (Å²) in [6, 6.07) is 5.36. The Hall–Kier alpha value is -1.42. The minimum absolute atomic E-state index is 0.493. The lowest BCUT2D eigenvalue weighted by Gasteiger charge is -2.22. The van der Waals surface area contributed by atoms with Crippen molar-refractivity contribution in [3.63, 3.8) is 0 Å². The van der Waals surface area contributed by atoms with Crippen molar-refractivity contribution < 1.29 is 5.11 Å². The highest BCUT2D eigenvalue weighted by Crippen LogP contribution is 2.20. The Morgan fingerprint density at radius 2 is 2.00 bits per heavy atom. The molecule has 0 aromatic heterocycles. The molecular weight excluding hydrogens is 190 g/mol. The van der Waals surface area contributed by atoms with Gasteiger partial charge in [-0.25, -0.2) is 0 Å². The maximum Gasteiger partial charge on any atom is 0.0788 e. The van der Waals surface area contributed by atoms with Crippen molar-refractivity contribution in [2.75, 3.05) is 23.3 Å². The lowest BCUT2D eigenvalue weighted by atomic mass is 10.0. The number of anilines is 3. The highest BCUT2D eigenvalue weighted by molar-refractivity contribution is 5.69. The van der Waals surface area contributed by atoms with E-state index in [1.807, 2.05) is 13.0 Å². The Bertz CT molecular complexity index is 337. The summed E-state index contributed by atoms with van der Waals surface area (Å²) < 4.78 is 0. The standard InChI is InChI=1S/C11H19N3O/c1-3-11(2,15)7-14-8-4-5-9(12)10(13)6-8/h4-6,14-15H,3,7,12-13H2,1-2H3. The second-order valence-corrected chi connectivity index (χ2v) is 4.05. The molecule has 0 radical (unpaired) electrons. The third-order valence-corrected chi connectivity index (χ3v) is 2.52. The van der Waals surface area contributed by atoms with E-state index in [0.717, 1.165) is 5.69 Å². The Kier molecular flexibility index (Phi) is 3.42. The first-order valence-electron chi connectivity index (χ1n) is 5.06. The Morgan fingerprint density at radius 1 is 1.33 bits per heavy atom. The lowest BCUT2D eigenvalue weighted by molar-refractivity contribution is 0.0697. The molecule has 4 heteroatoms. The summed E-state index contributed by atoms with van der Waals surface area (Å²) in [6.07, 6.45) is 0.699. The van der Waals surface area contributed by atoms with E-state index in [0.29, 0.717) is 24.3 Å². The number of nitrogen functional groups attached to an aromatic ring is 2. The molecule has 0 aliphatic carbocycles. The van der Waals surface area contributed by atoms with Gasteiger partial charge < -0.3 is 21.9 Å². The number of hydrogen-bond acceptors (Lipinski definition) is 4. The fourth-order valence-electron chi connectivity index (χ4n) is 1.10. The molecular formula is C11H19N3O. The minimum atomic E-state index is -0.698. The largest absolute Gasteiger partial charge is 0.397 e. The maximum atomic E-state index is 9.79. The SMILES string of the molecule is CCC(C)(O)CNc1ccc(N)c(N)c1. The number of rotatable bonds is 4. The van der Waals surface area contributed by atoms with Gasteiger partial charge in [0.1, 0.15) is 0 Å². The summed E-state index contributed by atoms with van der Waals surface area (Å²) >= 11 is 0. The van der Waals surface area contributed by atoms with E-state index in [2.05, 4.69) is 5.32 Å². The third kappa shape index (κ3) is 3.32. The molecule has 0 aliphatic heterocycles. The van der Waals surface area contributed by atoms with Crippen molar-refractivity contribution in [3.05, 3.63) is 18.2 Å². The number of nitrogens with two attached hydrogens (primary N) is 2. The number of benzene rings is 1. The first-order chi connectivity index (χ1) is 6.94. The zero-order chi connectivity index (χ0) is 11.5. The van der Waals surface area contributed by atoms with Crippen LogP contribution in [-0.4, -0.2) is 17.3 Å². The van der Waals surface area contributed by atoms with Crippen LogP contribution in [0.3, 0.4) is 0 Å². The van der Waals surface area contributed by atoms with Crippen molar-refractivity contribution in [3.8, 4) is 0 Å². The highest BCUT2D eigenvalue weighted by Gasteiger charge is 2.16. The highest BCUT2D eigenvalue weighted by atomic mass is 16.3. The van der Waals surface area contributed by atoms with Crippen LogP contribution in [0, 0.1) is 0 Å². The number of hydrogen-bond donors (Lipinski definition) is 4. The molecule has 1 atom stereocenters. The maximum absolute atomic E-state index is 9.79. The molecule has 0 bridgehead atoms. The molecule has 0 heterocycles. The van der Waals surface area contributed by atoms with Gasteiger partial charge in [0.15, 0.2) is 0 Å². The second-order valence-electron chi connectivity index (χ2n) is 4.05. The summed E-state index contributed by atoms with van der Waals surface area (Å²) in [5.41, 5.74) is 12.6. The molecule has 0 aliphatic rings. The van der Waals surface area contributed by atoms with Crippen LogP contribution in [0.4, 0.5) is 17.1 Å². The topological polar surface area (TPSA) is 84.3 Å². The second kappa shape index (κ2) is 4.40. The van der Waals surface area contributed by atoms with Crippen molar-refractivity contribution >= 4 is 17.1 Å². The van der Waals surface area contributed by atoms with Crippen LogP contribution in [0.15, 0.2) is 18.2 Å². The van der Waals surface area contributed by atoms with Crippen molar-refractivity contribution in [1.29, 1.82) is 0 Å². The van der Waals surface area contributed by atoms with Gasteiger partial charge in [-0.05, 0) is 31.5 Å². The van der Waals surface area contributed by atoms with Gasteiger partial charge in [0.05, 0.1) is 17.0 Å². The van der Waals surface area contributed by atoms with Crippen molar-refractivity contribution in [1.82, 2.24) is 0 Å². The minimum Gasteiger partial charge on any atom is -0.397 e. The van der Waals surface area contributed by atoms with E-state index < -0.39 is 5.60 Å². The summed E-state index contributed by atoms with van der Waals surface area (Å²) in [5.74, 6) is 0. The number of nitrogens with one attached hydrogen (secondary N) is 1. The van der Waals surface area contributed by atoms with Crippen LogP contribution in [0.1, 0.15) is 20.3 Å². The van der Waals surface area contributed by atoms with E-state index >= 15 is 0 Å². The van der Waals surface area contributed by atoms with Crippen LogP contribution in [0.25, 0.3) is 0 Å². The predicted molar refractivity (Wildman–Crippen MR) is 64.7 cm³/mol. The van der Waals surface area contributed by atoms with E-state index in [9.17, 15) is 5.11 Å². The fraction of sp³-hybridized carbons (Fsp3) is 0.455. The van der Waals surface area contributed by atoms with E-state index in [1.54, 1.807) is 19.1 Å². The van der Waals surface area contributed by atoms with Crippen molar-refractivity contribution in [2.24, 2.45) is 0 Å². The van der Waals surface area contributed by atoms with E-state index in [1.165, 1.54) is 0 Å². The van der Waals surface area contributed by atoms with Crippen molar-refractivity contribution in [2.45, 2.75) is 25.9 Å². The van der Waals surface area contributed by atoms with Crippen LogP contribution in [0.2, 0.25) is 0 Å². The summed E-state index contributed by atoms with van der Waals surface area (Å²) in [6.45, 7) is 4.23. The third-order valence-electron chi connectivity index (χ3n) is 2.52. The molecule has 4 nitrogen and oxygen atoms in total. The van der Waals surface area contributed by atoms with Gasteiger partial charge >= 0.3 is 0 Å². The van der Waals surface area contributed by atoms with Crippen LogP contribution in [-0.2, 0) is 0 Å². The molecule has 1 unspecified atom stereocenters. The normalized spacial score (nSPS) is 14.6. The zero-order valence-corrected chi connectivity index (χ0v) is 9.25. The Labute approximate surface area is 90.3 Å². The van der Waals surface area contributed by atoms with E-state index in [-0.39, 0.29) is 0 Å². The van der Waals surface area contributed by atoms with Gasteiger partial charge in [0.25, 0.3) is 0 Å². The molecule has 15 heavy (non-hydrogen) atoms.